The normalized spacial score (nSPS) is 12.3. The van der Waals surface area contributed by atoms with Crippen LogP contribution < -0.4 is 9.62 Å². The van der Waals surface area contributed by atoms with Crippen LogP contribution in [0.2, 0.25) is 10.0 Å². The number of imide groups is 1. The monoisotopic (exact) mass is 776 g/mol. The Morgan fingerprint density at radius 1 is 0.769 bits per heavy atom. The summed E-state index contributed by atoms with van der Waals surface area (Å²) < 4.78 is 46.9. The van der Waals surface area contributed by atoms with Crippen molar-refractivity contribution in [2.75, 3.05) is 22.7 Å². The minimum Gasteiger partial charge on any atom is -0.443 e. The first-order chi connectivity index (χ1) is 23.9. The first-order valence-corrected chi connectivity index (χ1v) is 18.3. The van der Waals surface area contributed by atoms with Gasteiger partial charge in [-0.15, -0.1) is 0 Å². The maximum absolute atomic E-state index is 13.6. The number of rotatable bonds is 8. The maximum Gasteiger partial charge on any atom is 0.419 e. The molecule has 0 saturated carbocycles. The molecule has 2 aromatic heterocycles. The molecule has 0 unspecified atom stereocenters. The Hall–Kier alpha value is -4.60. The lowest BCUT2D eigenvalue weighted by atomic mass is 10.2. The number of aromatic nitrogens is 3. The van der Waals surface area contributed by atoms with Gasteiger partial charge in [-0.25, -0.2) is 32.7 Å². The van der Waals surface area contributed by atoms with E-state index in [-0.39, 0.29) is 45.5 Å². The van der Waals surface area contributed by atoms with Crippen LogP contribution in [0.4, 0.5) is 25.9 Å². The predicted molar refractivity (Wildman–Crippen MR) is 199 cm³/mol. The third-order valence-corrected chi connectivity index (χ3v) is 8.40. The summed E-state index contributed by atoms with van der Waals surface area (Å²) in [6.07, 6.45) is 0.431. The van der Waals surface area contributed by atoms with Crippen LogP contribution in [0.15, 0.2) is 65.8 Å². The van der Waals surface area contributed by atoms with Gasteiger partial charge in [-0.2, -0.15) is 4.98 Å². The first kappa shape index (κ1) is 40.2. The molecule has 0 atom stereocenters. The lowest BCUT2D eigenvalue weighted by molar-refractivity contribution is 0.00153. The average Bonchev–Trinajstić information content (AvgIpc) is 3.39. The molecule has 0 fully saturated rings. The summed E-state index contributed by atoms with van der Waals surface area (Å²) in [7, 11) is -4.01. The van der Waals surface area contributed by atoms with Crippen LogP contribution in [0.5, 0.6) is 0 Å². The SMILES string of the molecule is CC(C)(C)OC(=O)N(CCN(C(=O)OC(C)(C)C)c1ccnc(-n2ccc3cc(NS(=O)(=O)c4cc(Cl)cc(Cl)c4)ccc32)n1)C(=O)OC(C)(C)C. The van der Waals surface area contributed by atoms with Crippen molar-refractivity contribution in [2.24, 2.45) is 0 Å². The molecule has 52 heavy (non-hydrogen) atoms. The molecular formula is C35H42Cl2N6O8S. The Labute approximate surface area is 313 Å². The number of amides is 3. The van der Waals surface area contributed by atoms with E-state index in [4.69, 9.17) is 37.4 Å². The largest absolute Gasteiger partial charge is 0.443 e. The van der Waals surface area contributed by atoms with Crippen LogP contribution in [0.1, 0.15) is 62.3 Å². The number of carbonyl (C=O) groups excluding carboxylic acids is 3. The average molecular weight is 778 g/mol. The maximum atomic E-state index is 13.6. The summed E-state index contributed by atoms with van der Waals surface area (Å²) in [6.45, 7) is 14.5. The molecule has 17 heteroatoms. The van der Waals surface area contributed by atoms with Gasteiger partial charge in [0.25, 0.3) is 10.0 Å². The Bertz CT molecular complexity index is 2040. The standard InChI is InChI=1S/C35H42Cl2N6O8S/c1-33(2,3)49-30(44)42(16-17-43(31(45)50-34(4,5)6)32(46)51-35(7,8)9)28-12-14-38-29(39-28)41-15-13-22-18-25(10-11-27(22)41)40-52(47,48)26-20-23(36)19-24(37)21-26/h10-15,18-21,40H,16-17H2,1-9H3. The van der Waals surface area contributed by atoms with Crippen molar-refractivity contribution in [1.29, 1.82) is 0 Å². The van der Waals surface area contributed by atoms with Gasteiger partial charge in [0.05, 0.1) is 17.0 Å². The Kier molecular flexibility index (Phi) is 11.7. The number of ether oxygens (including phenoxy) is 3. The number of nitrogens with zero attached hydrogens (tertiary/aromatic N) is 5. The van der Waals surface area contributed by atoms with Crippen molar-refractivity contribution in [3.8, 4) is 5.95 Å². The Morgan fingerprint density at radius 2 is 1.33 bits per heavy atom. The number of anilines is 2. The summed E-state index contributed by atoms with van der Waals surface area (Å²) in [5.74, 6) is 0.276. The third kappa shape index (κ3) is 11.0. The molecule has 2 heterocycles. The highest BCUT2D eigenvalue weighted by atomic mass is 35.5. The van der Waals surface area contributed by atoms with Crippen molar-refractivity contribution in [2.45, 2.75) is 84.0 Å². The summed E-state index contributed by atoms with van der Waals surface area (Å²) in [6, 6.07) is 12.1. The second-order valence-corrected chi connectivity index (χ2v) is 17.2. The van der Waals surface area contributed by atoms with Gasteiger partial charge in [0.1, 0.15) is 22.6 Å². The highest BCUT2D eigenvalue weighted by Crippen LogP contribution is 2.28. The second kappa shape index (κ2) is 15.2. The summed E-state index contributed by atoms with van der Waals surface area (Å²) in [5.41, 5.74) is -1.82. The molecule has 0 aliphatic rings. The molecule has 0 aliphatic carbocycles. The molecule has 4 rings (SSSR count). The molecule has 4 aromatic rings. The van der Waals surface area contributed by atoms with E-state index < -0.39 is 45.1 Å². The number of sulfonamides is 1. The number of hydrogen-bond donors (Lipinski definition) is 1. The van der Waals surface area contributed by atoms with Gasteiger partial charge in [-0.1, -0.05) is 23.2 Å². The van der Waals surface area contributed by atoms with Crippen molar-refractivity contribution in [1.82, 2.24) is 19.4 Å². The number of nitrogens with one attached hydrogen (secondary N) is 1. The molecule has 0 bridgehead atoms. The van der Waals surface area contributed by atoms with Crippen molar-refractivity contribution >= 4 is 73.9 Å². The van der Waals surface area contributed by atoms with E-state index in [1.807, 2.05) is 0 Å². The molecule has 0 spiro atoms. The second-order valence-electron chi connectivity index (χ2n) is 14.6. The quantitative estimate of drug-likeness (QED) is 0.172. The molecule has 0 saturated heterocycles. The van der Waals surface area contributed by atoms with Gasteiger partial charge >= 0.3 is 18.3 Å². The number of carbonyl (C=O) groups is 3. The van der Waals surface area contributed by atoms with Crippen molar-refractivity contribution < 1.29 is 37.0 Å². The fourth-order valence-electron chi connectivity index (χ4n) is 4.59. The lowest BCUT2D eigenvalue weighted by Crippen LogP contribution is -2.48. The number of halogens is 2. The molecule has 14 nitrogen and oxygen atoms in total. The molecule has 280 valence electrons. The summed E-state index contributed by atoms with van der Waals surface area (Å²) in [4.78, 5) is 50.8. The first-order valence-electron chi connectivity index (χ1n) is 16.1. The van der Waals surface area contributed by atoms with Crippen LogP contribution >= 0.6 is 23.2 Å². The summed E-state index contributed by atoms with van der Waals surface area (Å²) >= 11 is 12.0. The number of hydrogen-bond acceptors (Lipinski definition) is 10. The number of fused-ring (bicyclic) bond motifs is 1. The Balaban J connectivity index is 1.66. The van der Waals surface area contributed by atoms with E-state index in [9.17, 15) is 22.8 Å². The fraction of sp³-hybridized carbons (Fsp3) is 0.400. The topological polar surface area (TPSA) is 162 Å². The van der Waals surface area contributed by atoms with Gasteiger partial charge < -0.3 is 14.2 Å². The molecule has 2 aromatic carbocycles. The van der Waals surface area contributed by atoms with Crippen molar-refractivity contribution in [3.05, 3.63) is 71.0 Å². The van der Waals surface area contributed by atoms with E-state index in [0.717, 1.165) is 4.90 Å². The zero-order chi connectivity index (χ0) is 38.8. The van der Waals surface area contributed by atoms with Crippen LogP contribution in [0.25, 0.3) is 16.9 Å². The van der Waals surface area contributed by atoms with E-state index in [0.29, 0.717) is 10.9 Å². The van der Waals surface area contributed by atoms with E-state index in [2.05, 4.69) is 14.7 Å². The minimum atomic E-state index is -4.01. The van der Waals surface area contributed by atoms with Gasteiger partial charge in [0.15, 0.2) is 0 Å². The highest BCUT2D eigenvalue weighted by Gasteiger charge is 2.33. The van der Waals surface area contributed by atoms with E-state index >= 15 is 0 Å². The smallest absolute Gasteiger partial charge is 0.419 e. The van der Waals surface area contributed by atoms with Gasteiger partial charge in [0.2, 0.25) is 5.95 Å². The van der Waals surface area contributed by atoms with Gasteiger partial charge in [-0.3, -0.25) is 14.2 Å². The highest BCUT2D eigenvalue weighted by molar-refractivity contribution is 7.92. The lowest BCUT2D eigenvalue weighted by Gasteiger charge is -2.31. The van der Waals surface area contributed by atoms with Crippen LogP contribution in [-0.2, 0) is 24.2 Å². The molecule has 0 radical (unpaired) electrons. The zero-order valence-electron chi connectivity index (χ0n) is 30.4. The van der Waals surface area contributed by atoms with Crippen LogP contribution in [0, 0.1) is 0 Å². The molecular weight excluding hydrogens is 735 g/mol. The molecule has 3 amide bonds. The van der Waals surface area contributed by atoms with E-state index in [1.54, 1.807) is 97.3 Å². The minimum absolute atomic E-state index is 0.0947. The molecule has 0 aliphatic heterocycles. The fourth-order valence-corrected chi connectivity index (χ4v) is 6.37. The van der Waals surface area contributed by atoms with Gasteiger partial charge in [-0.05, 0) is 111 Å². The zero-order valence-corrected chi connectivity index (χ0v) is 32.7. The van der Waals surface area contributed by atoms with Gasteiger partial charge in [0, 0.05) is 40.1 Å². The van der Waals surface area contributed by atoms with E-state index in [1.165, 1.54) is 35.4 Å². The van der Waals surface area contributed by atoms with Crippen molar-refractivity contribution in [3.63, 3.8) is 0 Å². The number of benzene rings is 2. The van der Waals surface area contributed by atoms with Crippen LogP contribution in [-0.4, -0.2) is 76.0 Å². The molecule has 1 N–H and O–H groups in total. The third-order valence-electron chi connectivity index (χ3n) is 6.60. The Morgan fingerprint density at radius 3 is 1.88 bits per heavy atom. The van der Waals surface area contributed by atoms with Crippen LogP contribution in [0.3, 0.4) is 0 Å². The summed E-state index contributed by atoms with van der Waals surface area (Å²) in [5, 5.41) is 1.00. The predicted octanol–water partition coefficient (Wildman–Crippen LogP) is 8.44.